The molecular weight excluding hydrogens is 436 g/mol. The minimum Gasteiger partial charge on any atom is -0.497 e. The molecule has 1 N–H and O–H groups in total. The average molecular weight is 467 g/mol. The number of carbonyl (C=O) groups is 3. The van der Waals surface area contributed by atoms with Crippen molar-refractivity contribution in [3.8, 4) is 11.5 Å². The van der Waals surface area contributed by atoms with Gasteiger partial charge in [0.15, 0.2) is 6.61 Å². The summed E-state index contributed by atoms with van der Waals surface area (Å²) >= 11 is 0. The summed E-state index contributed by atoms with van der Waals surface area (Å²) in [5, 5.41) is 2.55. The third-order valence-electron chi connectivity index (χ3n) is 5.41. The van der Waals surface area contributed by atoms with Gasteiger partial charge in [-0.25, -0.2) is 4.79 Å². The van der Waals surface area contributed by atoms with Crippen molar-refractivity contribution in [2.75, 3.05) is 20.8 Å². The van der Waals surface area contributed by atoms with Crippen molar-refractivity contribution in [3.05, 3.63) is 65.7 Å². The molecule has 1 atom stereocenters. The van der Waals surface area contributed by atoms with Gasteiger partial charge in [0.05, 0.1) is 14.2 Å². The molecule has 0 unspecified atom stereocenters. The molecule has 0 aliphatic heterocycles. The molecule has 1 aliphatic rings. The Hall–Kier alpha value is -3.81. The predicted octanol–water partition coefficient (Wildman–Crippen LogP) is 2.96. The molecule has 3 rings (SSSR count). The number of hydrogen-bond acceptors (Lipinski definition) is 6. The van der Waals surface area contributed by atoms with E-state index < -0.39 is 17.9 Å². The molecule has 2 aromatic carbocycles. The highest BCUT2D eigenvalue weighted by molar-refractivity contribution is 5.94. The van der Waals surface area contributed by atoms with Crippen LogP contribution in [-0.2, 0) is 25.7 Å². The molecule has 8 heteroatoms. The number of rotatable bonds is 11. The number of benzene rings is 2. The van der Waals surface area contributed by atoms with E-state index in [1.165, 1.54) is 13.0 Å². The fourth-order valence-corrected chi connectivity index (χ4v) is 3.28. The lowest BCUT2D eigenvalue weighted by molar-refractivity contribution is -0.154. The zero-order valence-corrected chi connectivity index (χ0v) is 19.7. The summed E-state index contributed by atoms with van der Waals surface area (Å²) in [6.45, 7) is 1.59. The molecule has 0 bridgehead atoms. The molecular formula is C26H30N2O6. The third-order valence-corrected chi connectivity index (χ3v) is 5.41. The van der Waals surface area contributed by atoms with E-state index >= 15 is 0 Å². The molecule has 180 valence electrons. The van der Waals surface area contributed by atoms with Crippen LogP contribution in [0.4, 0.5) is 0 Å². The van der Waals surface area contributed by atoms with Crippen molar-refractivity contribution in [2.24, 2.45) is 0 Å². The lowest BCUT2D eigenvalue weighted by atomic mass is 10.2. The van der Waals surface area contributed by atoms with Crippen LogP contribution < -0.4 is 14.8 Å². The van der Waals surface area contributed by atoms with Gasteiger partial charge in [-0.1, -0.05) is 24.3 Å². The van der Waals surface area contributed by atoms with Crippen LogP contribution in [0.3, 0.4) is 0 Å². The summed E-state index contributed by atoms with van der Waals surface area (Å²) in [6, 6.07) is 14.0. The summed E-state index contributed by atoms with van der Waals surface area (Å²) in [5.41, 5.74) is 1.78. The number of methoxy groups -OCH3 is 2. The Morgan fingerprint density at radius 1 is 1.00 bits per heavy atom. The first-order valence-corrected chi connectivity index (χ1v) is 11.1. The van der Waals surface area contributed by atoms with Gasteiger partial charge in [-0.3, -0.25) is 9.59 Å². The average Bonchev–Trinajstić information content (AvgIpc) is 3.70. The van der Waals surface area contributed by atoms with Crippen LogP contribution in [0.5, 0.6) is 11.5 Å². The van der Waals surface area contributed by atoms with E-state index in [1.807, 2.05) is 36.4 Å². The van der Waals surface area contributed by atoms with Gasteiger partial charge in [-0.15, -0.1) is 0 Å². The highest BCUT2D eigenvalue weighted by atomic mass is 16.5. The van der Waals surface area contributed by atoms with Crippen molar-refractivity contribution >= 4 is 23.9 Å². The molecule has 1 aliphatic carbocycles. The first-order valence-electron chi connectivity index (χ1n) is 11.1. The van der Waals surface area contributed by atoms with Crippen LogP contribution in [0.2, 0.25) is 0 Å². The van der Waals surface area contributed by atoms with Gasteiger partial charge in [0, 0.05) is 18.7 Å². The maximum atomic E-state index is 12.7. The molecule has 2 amide bonds. The fraction of sp³-hybridized carbons (Fsp3) is 0.346. The lowest BCUT2D eigenvalue weighted by Crippen LogP contribution is -2.41. The van der Waals surface area contributed by atoms with Crippen molar-refractivity contribution in [1.29, 1.82) is 0 Å². The highest BCUT2D eigenvalue weighted by Crippen LogP contribution is 2.29. The van der Waals surface area contributed by atoms with E-state index in [-0.39, 0.29) is 18.6 Å². The maximum absolute atomic E-state index is 12.7. The molecule has 1 fully saturated rings. The maximum Gasteiger partial charge on any atom is 0.328 e. The molecule has 8 nitrogen and oxygen atoms in total. The molecule has 0 spiro atoms. The Balaban J connectivity index is 1.46. The Labute approximate surface area is 199 Å². The number of esters is 1. The Bertz CT molecular complexity index is 1010. The van der Waals surface area contributed by atoms with Gasteiger partial charge >= 0.3 is 5.97 Å². The topological polar surface area (TPSA) is 94.2 Å². The number of nitrogens with zero attached hydrogens (tertiary/aromatic N) is 1. The van der Waals surface area contributed by atoms with E-state index in [0.29, 0.717) is 6.54 Å². The van der Waals surface area contributed by atoms with Crippen molar-refractivity contribution in [3.63, 3.8) is 0 Å². The summed E-state index contributed by atoms with van der Waals surface area (Å²) in [7, 11) is 3.18. The predicted molar refractivity (Wildman–Crippen MR) is 127 cm³/mol. The standard InChI is InChI=1S/C26H30N2O6/c1-18(27-24(29)15-8-19-4-11-22(32-2)12-5-19)26(31)34-17-25(30)28(21-9-10-21)16-20-6-13-23(33-3)14-7-20/h4-8,11-15,18,21H,9-10,16-17H2,1-3H3,(H,27,29)/b15-8+/t18-/m0/s1. The van der Waals surface area contributed by atoms with Gasteiger partial charge in [-0.05, 0) is 61.2 Å². The first kappa shape index (κ1) is 24.8. The van der Waals surface area contributed by atoms with E-state index in [0.717, 1.165) is 35.5 Å². The second-order valence-electron chi connectivity index (χ2n) is 8.05. The van der Waals surface area contributed by atoms with Crippen LogP contribution in [-0.4, -0.2) is 55.6 Å². The SMILES string of the molecule is COc1ccc(/C=C/C(=O)N[C@@H](C)C(=O)OCC(=O)N(Cc2ccc(OC)cc2)C2CC2)cc1. The van der Waals surface area contributed by atoms with E-state index in [9.17, 15) is 14.4 Å². The van der Waals surface area contributed by atoms with Gasteiger partial charge in [0.2, 0.25) is 5.91 Å². The number of amides is 2. The Morgan fingerprint density at radius 3 is 2.15 bits per heavy atom. The molecule has 0 heterocycles. The quantitative estimate of drug-likeness (QED) is 0.404. The Morgan fingerprint density at radius 2 is 1.59 bits per heavy atom. The second-order valence-corrected chi connectivity index (χ2v) is 8.05. The zero-order chi connectivity index (χ0) is 24.5. The minimum atomic E-state index is -0.892. The summed E-state index contributed by atoms with van der Waals surface area (Å²) in [5.74, 6) is 0.101. The fourth-order valence-electron chi connectivity index (χ4n) is 3.28. The molecule has 34 heavy (non-hydrogen) atoms. The van der Waals surface area contributed by atoms with Crippen molar-refractivity contribution in [1.82, 2.24) is 10.2 Å². The Kier molecular flexibility index (Phi) is 8.67. The molecule has 1 saturated carbocycles. The second kappa shape index (κ2) is 11.9. The molecule has 0 radical (unpaired) electrons. The summed E-state index contributed by atoms with van der Waals surface area (Å²) in [6.07, 6.45) is 4.83. The number of carbonyl (C=O) groups excluding carboxylic acids is 3. The van der Waals surface area contributed by atoms with Crippen LogP contribution in [0.1, 0.15) is 30.9 Å². The van der Waals surface area contributed by atoms with Crippen molar-refractivity contribution in [2.45, 2.75) is 38.4 Å². The van der Waals surface area contributed by atoms with E-state index in [2.05, 4.69) is 5.32 Å². The van der Waals surface area contributed by atoms with Crippen LogP contribution in [0.25, 0.3) is 6.08 Å². The van der Waals surface area contributed by atoms with Gasteiger partial charge in [-0.2, -0.15) is 0 Å². The van der Waals surface area contributed by atoms with E-state index in [1.54, 1.807) is 37.3 Å². The minimum absolute atomic E-state index is 0.161. The number of hydrogen-bond donors (Lipinski definition) is 1. The molecule has 0 aromatic heterocycles. The number of nitrogens with one attached hydrogen (secondary N) is 1. The normalized spacial score (nSPS) is 13.7. The monoisotopic (exact) mass is 466 g/mol. The summed E-state index contributed by atoms with van der Waals surface area (Å²) in [4.78, 5) is 38.9. The van der Waals surface area contributed by atoms with Gasteiger partial charge < -0.3 is 24.4 Å². The summed E-state index contributed by atoms with van der Waals surface area (Å²) < 4.78 is 15.4. The smallest absolute Gasteiger partial charge is 0.328 e. The van der Waals surface area contributed by atoms with Crippen LogP contribution >= 0.6 is 0 Å². The molecule has 0 saturated heterocycles. The number of ether oxygens (including phenoxy) is 3. The zero-order valence-electron chi connectivity index (χ0n) is 19.7. The largest absolute Gasteiger partial charge is 0.497 e. The first-order chi connectivity index (χ1) is 16.4. The lowest BCUT2D eigenvalue weighted by Gasteiger charge is -2.23. The van der Waals surface area contributed by atoms with E-state index in [4.69, 9.17) is 14.2 Å². The van der Waals surface area contributed by atoms with Crippen molar-refractivity contribution < 1.29 is 28.6 Å². The van der Waals surface area contributed by atoms with Crippen LogP contribution in [0.15, 0.2) is 54.6 Å². The van der Waals surface area contributed by atoms with Crippen LogP contribution in [0, 0.1) is 0 Å². The van der Waals surface area contributed by atoms with Gasteiger partial charge in [0.25, 0.3) is 5.91 Å². The molecule has 2 aromatic rings. The highest BCUT2D eigenvalue weighted by Gasteiger charge is 2.33. The van der Waals surface area contributed by atoms with Gasteiger partial charge in [0.1, 0.15) is 17.5 Å². The third kappa shape index (κ3) is 7.37.